The number of hydrogen-bond donors (Lipinski definition) is 0. The lowest BCUT2D eigenvalue weighted by atomic mass is 10.0. The SMILES string of the molecule is CC(C)(C)OC(=O)N1[C@@H](C(=O)OCc2ccccc2)C[C@H]2CCC[C@@H]21. The lowest BCUT2D eigenvalue weighted by molar-refractivity contribution is -0.150. The van der Waals surface area contributed by atoms with E-state index in [0.717, 1.165) is 24.8 Å². The Labute approximate surface area is 149 Å². The zero-order chi connectivity index (χ0) is 18.0. The van der Waals surface area contributed by atoms with Crippen molar-refractivity contribution >= 4 is 12.1 Å². The third kappa shape index (κ3) is 4.14. The Balaban J connectivity index is 1.69. The van der Waals surface area contributed by atoms with E-state index < -0.39 is 17.7 Å². The molecule has 0 aromatic heterocycles. The lowest BCUT2D eigenvalue weighted by Gasteiger charge is -2.31. The highest BCUT2D eigenvalue weighted by Gasteiger charge is 2.50. The molecule has 1 aromatic rings. The van der Waals surface area contributed by atoms with Crippen LogP contribution in [0, 0.1) is 5.92 Å². The molecule has 1 saturated carbocycles. The van der Waals surface area contributed by atoms with Gasteiger partial charge in [-0.3, -0.25) is 4.90 Å². The van der Waals surface area contributed by atoms with E-state index in [0.29, 0.717) is 12.3 Å². The van der Waals surface area contributed by atoms with Gasteiger partial charge in [0.25, 0.3) is 0 Å². The number of likely N-dealkylation sites (tertiary alicyclic amines) is 1. The third-order valence-corrected chi connectivity index (χ3v) is 4.94. The zero-order valence-corrected chi connectivity index (χ0v) is 15.2. The molecule has 3 rings (SSSR count). The van der Waals surface area contributed by atoms with Crippen molar-refractivity contribution in [1.82, 2.24) is 4.90 Å². The molecule has 0 radical (unpaired) electrons. The number of ether oxygens (including phenoxy) is 2. The summed E-state index contributed by atoms with van der Waals surface area (Å²) in [5, 5.41) is 0. The molecule has 1 amide bonds. The van der Waals surface area contributed by atoms with Gasteiger partial charge in [0.15, 0.2) is 0 Å². The van der Waals surface area contributed by atoms with Gasteiger partial charge in [-0.25, -0.2) is 9.59 Å². The average molecular weight is 345 g/mol. The van der Waals surface area contributed by atoms with E-state index in [2.05, 4.69) is 0 Å². The Hall–Kier alpha value is -2.04. The monoisotopic (exact) mass is 345 g/mol. The second-order valence-corrected chi connectivity index (χ2v) is 7.99. The third-order valence-electron chi connectivity index (χ3n) is 4.94. The maximum atomic E-state index is 12.7. The van der Waals surface area contributed by atoms with E-state index in [4.69, 9.17) is 9.47 Å². The number of benzene rings is 1. The van der Waals surface area contributed by atoms with Gasteiger partial charge in [0, 0.05) is 6.04 Å². The summed E-state index contributed by atoms with van der Waals surface area (Å²) in [6.45, 7) is 5.76. The van der Waals surface area contributed by atoms with Crippen molar-refractivity contribution < 1.29 is 19.1 Å². The fourth-order valence-electron chi connectivity index (χ4n) is 3.90. The van der Waals surface area contributed by atoms with Crippen LogP contribution in [0.3, 0.4) is 0 Å². The minimum atomic E-state index is -0.577. The molecule has 1 aliphatic heterocycles. The van der Waals surface area contributed by atoms with Crippen molar-refractivity contribution in [3.05, 3.63) is 35.9 Å². The fourth-order valence-corrected chi connectivity index (χ4v) is 3.90. The Morgan fingerprint density at radius 3 is 2.56 bits per heavy atom. The van der Waals surface area contributed by atoms with Gasteiger partial charge in [0.2, 0.25) is 0 Å². The van der Waals surface area contributed by atoms with Crippen LogP contribution in [0.5, 0.6) is 0 Å². The number of esters is 1. The number of fused-ring (bicyclic) bond motifs is 1. The summed E-state index contributed by atoms with van der Waals surface area (Å²) in [4.78, 5) is 27.0. The van der Waals surface area contributed by atoms with E-state index in [1.807, 2.05) is 51.1 Å². The van der Waals surface area contributed by atoms with Crippen molar-refractivity contribution in [2.45, 2.75) is 70.7 Å². The molecule has 2 fully saturated rings. The molecular weight excluding hydrogens is 318 g/mol. The summed E-state index contributed by atoms with van der Waals surface area (Å²) in [5.74, 6) is 0.0471. The summed E-state index contributed by atoms with van der Waals surface area (Å²) in [7, 11) is 0. The van der Waals surface area contributed by atoms with E-state index in [9.17, 15) is 9.59 Å². The zero-order valence-electron chi connectivity index (χ0n) is 15.2. The van der Waals surface area contributed by atoms with Crippen molar-refractivity contribution in [2.24, 2.45) is 5.92 Å². The smallest absolute Gasteiger partial charge is 0.411 e. The van der Waals surface area contributed by atoms with Crippen LogP contribution in [-0.4, -0.2) is 34.6 Å². The molecule has 0 unspecified atom stereocenters. The summed E-state index contributed by atoms with van der Waals surface area (Å²) in [5.41, 5.74) is 0.365. The molecule has 0 spiro atoms. The molecule has 5 nitrogen and oxygen atoms in total. The van der Waals surface area contributed by atoms with Gasteiger partial charge >= 0.3 is 12.1 Å². The summed E-state index contributed by atoms with van der Waals surface area (Å²) in [6, 6.07) is 9.16. The fraction of sp³-hybridized carbons (Fsp3) is 0.600. The van der Waals surface area contributed by atoms with Crippen LogP contribution in [0.1, 0.15) is 52.0 Å². The molecule has 1 aromatic carbocycles. The second kappa shape index (κ2) is 7.06. The predicted molar refractivity (Wildman–Crippen MR) is 93.8 cm³/mol. The van der Waals surface area contributed by atoms with E-state index in [-0.39, 0.29) is 18.6 Å². The van der Waals surface area contributed by atoms with Crippen LogP contribution >= 0.6 is 0 Å². The topological polar surface area (TPSA) is 55.8 Å². The van der Waals surface area contributed by atoms with Gasteiger partial charge in [0.1, 0.15) is 18.2 Å². The van der Waals surface area contributed by atoms with Crippen molar-refractivity contribution in [3.63, 3.8) is 0 Å². The summed E-state index contributed by atoms with van der Waals surface area (Å²) in [6.07, 6.45) is 3.38. The number of amides is 1. The van der Waals surface area contributed by atoms with Crippen LogP contribution in [0.25, 0.3) is 0 Å². The number of nitrogens with zero attached hydrogens (tertiary/aromatic N) is 1. The quantitative estimate of drug-likeness (QED) is 0.780. The summed E-state index contributed by atoms with van der Waals surface area (Å²) >= 11 is 0. The normalized spacial score (nSPS) is 25.6. The standard InChI is InChI=1S/C20H27NO4/c1-20(2,3)25-19(23)21-16-11-7-10-15(16)12-17(21)18(22)24-13-14-8-5-4-6-9-14/h4-6,8-9,15-17H,7,10-13H2,1-3H3/t15-,16+,17-/m1/s1. The Morgan fingerprint density at radius 2 is 1.88 bits per heavy atom. The molecule has 25 heavy (non-hydrogen) atoms. The minimum Gasteiger partial charge on any atom is -0.459 e. The Kier molecular flexibility index (Phi) is 5.02. The number of carbonyl (C=O) groups excluding carboxylic acids is 2. The van der Waals surface area contributed by atoms with E-state index >= 15 is 0 Å². The first kappa shape index (κ1) is 17.8. The van der Waals surface area contributed by atoms with Crippen LogP contribution in [-0.2, 0) is 20.9 Å². The van der Waals surface area contributed by atoms with Gasteiger partial charge in [-0.05, 0) is 51.5 Å². The molecule has 0 N–H and O–H groups in total. The van der Waals surface area contributed by atoms with Crippen molar-refractivity contribution in [3.8, 4) is 0 Å². The predicted octanol–water partition coefficient (Wildman–Crippen LogP) is 3.91. The number of carbonyl (C=O) groups is 2. The first-order chi connectivity index (χ1) is 11.8. The number of rotatable bonds is 3. The molecule has 2 aliphatic rings. The highest BCUT2D eigenvalue weighted by Crippen LogP contribution is 2.42. The molecule has 1 aliphatic carbocycles. The van der Waals surface area contributed by atoms with Crippen molar-refractivity contribution in [1.29, 1.82) is 0 Å². The Morgan fingerprint density at radius 1 is 1.16 bits per heavy atom. The van der Waals surface area contributed by atoms with E-state index in [1.54, 1.807) is 4.90 Å². The van der Waals surface area contributed by atoms with Gasteiger partial charge in [-0.1, -0.05) is 36.8 Å². The maximum absolute atomic E-state index is 12.7. The highest BCUT2D eigenvalue weighted by atomic mass is 16.6. The van der Waals surface area contributed by atoms with Gasteiger partial charge in [0.05, 0.1) is 0 Å². The highest BCUT2D eigenvalue weighted by molar-refractivity contribution is 5.82. The van der Waals surface area contributed by atoms with Gasteiger partial charge in [-0.2, -0.15) is 0 Å². The van der Waals surface area contributed by atoms with Crippen LogP contribution in [0.15, 0.2) is 30.3 Å². The molecular formula is C20H27NO4. The summed E-state index contributed by atoms with van der Waals surface area (Å²) < 4.78 is 11.1. The maximum Gasteiger partial charge on any atom is 0.411 e. The second-order valence-electron chi connectivity index (χ2n) is 7.99. The first-order valence-corrected chi connectivity index (χ1v) is 9.07. The van der Waals surface area contributed by atoms with Crippen molar-refractivity contribution in [2.75, 3.05) is 0 Å². The Bertz CT molecular complexity index is 622. The van der Waals surface area contributed by atoms with Crippen LogP contribution in [0.2, 0.25) is 0 Å². The van der Waals surface area contributed by atoms with Gasteiger partial charge in [-0.15, -0.1) is 0 Å². The van der Waals surface area contributed by atoms with Gasteiger partial charge < -0.3 is 9.47 Å². The van der Waals surface area contributed by atoms with Crippen LogP contribution < -0.4 is 0 Å². The minimum absolute atomic E-state index is 0.101. The molecule has 5 heteroatoms. The first-order valence-electron chi connectivity index (χ1n) is 9.07. The largest absolute Gasteiger partial charge is 0.459 e. The van der Waals surface area contributed by atoms with E-state index in [1.165, 1.54) is 0 Å². The van der Waals surface area contributed by atoms with Crippen LogP contribution in [0.4, 0.5) is 4.79 Å². The molecule has 1 heterocycles. The number of hydrogen-bond acceptors (Lipinski definition) is 4. The molecule has 3 atom stereocenters. The molecule has 136 valence electrons. The average Bonchev–Trinajstić information content (AvgIpc) is 3.12. The molecule has 1 saturated heterocycles. The molecule has 0 bridgehead atoms. The lowest BCUT2D eigenvalue weighted by Crippen LogP contribution is -2.47.